The van der Waals surface area contributed by atoms with E-state index in [1.165, 1.54) is 12.8 Å². The van der Waals surface area contributed by atoms with E-state index in [4.69, 9.17) is 5.11 Å². The molecule has 1 aliphatic heterocycles. The van der Waals surface area contributed by atoms with Crippen LogP contribution in [0, 0.1) is 5.92 Å². The summed E-state index contributed by atoms with van der Waals surface area (Å²) in [6.07, 6.45) is 2.38. The lowest BCUT2D eigenvalue weighted by Crippen LogP contribution is -2.48. The Morgan fingerprint density at radius 2 is 2.18 bits per heavy atom. The van der Waals surface area contributed by atoms with Gasteiger partial charge >= 0.3 is 0 Å². The van der Waals surface area contributed by atoms with Crippen LogP contribution in [0.3, 0.4) is 0 Å². The zero-order valence-corrected chi connectivity index (χ0v) is 7.80. The van der Waals surface area contributed by atoms with Crippen LogP contribution in [0.5, 0.6) is 0 Å². The Balaban J connectivity index is 2.48. The largest absolute Gasteiger partial charge is 0.396 e. The summed E-state index contributed by atoms with van der Waals surface area (Å²) in [5, 5.41) is 8.95. The van der Waals surface area contributed by atoms with Crippen molar-refractivity contribution < 1.29 is 5.11 Å². The standard InChI is InChI=1S/C9H19NO/c1-9(2)5-4-8(7-11)6-10(9)3/h8,11H,4-7H2,1-3H3. The summed E-state index contributed by atoms with van der Waals surface area (Å²) in [5.74, 6) is 0.507. The van der Waals surface area contributed by atoms with Gasteiger partial charge in [-0.3, -0.25) is 0 Å². The molecule has 0 spiro atoms. The summed E-state index contributed by atoms with van der Waals surface area (Å²) in [7, 11) is 2.14. The van der Waals surface area contributed by atoms with Gasteiger partial charge in [0, 0.05) is 18.7 Å². The van der Waals surface area contributed by atoms with Gasteiger partial charge in [-0.2, -0.15) is 0 Å². The number of nitrogens with zero attached hydrogens (tertiary/aromatic N) is 1. The molecule has 0 aromatic heterocycles. The minimum atomic E-state index is 0.339. The van der Waals surface area contributed by atoms with Crippen LogP contribution in [0.2, 0.25) is 0 Å². The molecular formula is C9H19NO. The molecule has 0 bridgehead atoms. The molecule has 2 nitrogen and oxygen atoms in total. The van der Waals surface area contributed by atoms with Crippen molar-refractivity contribution in [2.24, 2.45) is 5.92 Å². The van der Waals surface area contributed by atoms with Gasteiger partial charge in [-0.1, -0.05) is 0 Å². The van der Waals surface area contributed by atoms with Gasteiger partial charge in [0.1, 0.15) is 0 Å². The maximum atomic E-state index is 8.95. The number of piperidine rings is 1. The molecule has 1 fully saturated rings. The average molecular weight is 157 g/mol. The molecule has 0 aromatic carbocycles. The third-order valence-electron chi connectivity index (χ3n) is 2.99. The van der Waals surface area contributed by atoms with Crippen molar-refractivity contribution in [2.45, 2.75) is 32.2 Å². The summed E-state index contributed by atoms with van der Waals surface area (Å²) in [6, 6.07) is 0. The van der Waals surface area contributed by atoms with Crippen molar-refractivity contribution in [1.29, 1.82) is 0 Å². The topological polar surface area (TPSA) is 23.5 Å². The Labute approximate surface area is 69.2 Å². The van der Waals surface area contributed by atoms with Crippen LogP contribution >= 0.6 is 0 Å². The van der Waals surface area contributed by atoms with Crippen molar-refractivity contribution in [3.05, 3.63) is 0 Å². The molecule has 0 aliphatic carbocycles. The number of aliphatic hydroxyl groups excluding tert-OH is 1. The molecule has 1 atom stereocenters. The first-order chi connectivity index (χ1) is 5.06. The molecule has 66 valence electrons. The van der Waals surface area contributed by atoms with Crippen LogP contribution in [0.15, 0.2) is 0 Å². The lowest BCUT2D eigenvalue weighted by molar-refractivity contribution is 0.0477. The summed E-state index contributed by atoms with van der Waals surface area (Å²) in [4.78, 5) is 2.34. The highest BCUT2D eigenvalue weighted by atomic mass is 16.3. The maximum Gasteiger partial charge on any atom is 0.0471 e. The van der Waals surface area contributed by atoms with Crippen LogP contribution in [0.1, 0.15) is 26.7 Å². The van der Waals surface area contributed by atoms with Gasteiger partial charge in [0.25, 0.3) is 0 Å². The SMILES string of the molecule is CN1CC(CO)CCC1(C)C. The number of aliphatic hydroxyl groups is 1. The lowest BCUT2D eigenvalue weighted by Gasteiger charge is -2.43. The van der Waals surface area contributed by atoms with Gasteiger partial charge in [-0.05, 0) is 39.7 Å². The normalized spacial score (nSPS) is 32.2. The third kappa shape index (κ3) is 1.94. The maximum absolute atomic E-state index is 8.95. The predicted octanol–water partition coefficient (Wildman–Crippen LogP) is 1.10. The molecule has 11 heavy (non-hydrogen) atoms. The highest BCUT2D eigenvalue weighted by Crippen LogP contribution is 2.28. The lowest BCUT2D eigenvalue weighted by atomic mass is 9.86. The number of hydrogen-bond acceptors (Lipinski definition) is 2. The molecule has 1 aliphatic rings. The van der Waals surface area contributed by atoms with Crippen LogP contribution in [-0.4, -0.2) is 35.7 Å². The van der Waals surface area contributed by atoms with E-state index < -0.39 is 0 Å². The first-order valence-electron chi connectivity index (χ1n) is 4.38. The molecule has 1 heterocycles. The van der Waals surface area contributed by atoms with Crippen molar-refractivity contribution in [3.63, 3.8) is 0 Å². The molecule has 0 aromatic rings. The van der Waals surface area contributed by atoms with Gasteiger partial charge in [0.2, 0.25) is 0 Å². The zero-order valence-electron chi connectivity index (χ0n) is 7.80. The first kappa shape index (κ1) is 9.01. The minimum absolute atomic E-state index is 0.339. The summed E-state index contributed by atoms with van der Waals surface area (Å²) >= 11 is 0. The summed E-state index contributed by atoms with van der Waals surface area (Å²) in [6.45, 7) is 5.92. The van der Waals surface area contributed by atoms with Crippen LogP contribution in [0.25, 0.3) is 0 Å². The quantitative estimate of drug-likeness (QED) is 0.616. The number of rotatable bonds is 1. The van der Waals surface area contributed by atoms with Crippen LogP contribution < -0.4 is 0 Å². The Bertz CT molecular complexity index is 134. The predicted molar refractivity (Wildman–Crippen MR) is 46.5 cm³/mol. The van der Waals surface area contributed by atoms with E-state index >= 15 is 0 Å². The van der Waals surface area contributed by atoms with E-state index in [9.17, 15) is 0 Å². The van der Waals surface area contributed by atoms with E-state index in [-0.39, 0.29) is 0 Å². The van der Waals surface area contributed by atoms with Gasteiger partial charge in [0.15, 0.2) is 0 Å². The fraction of sp³-hybridized carbons (Fsp3) is 1.00. The van der Waals surface area contributed by atoms with Crippen molar-refractivity contribution in [3.8, 4) is 0 Å². The van der Waals surface area contributed by atoms with E-state index in [1.54, 1.807) is 0 Å². The molecule has 0 amide bonds. The van der Waals surface area contributed by atoms with E-state index in [1.807, 2.05) is 0 Å². The Morgan fingerprint density at radius 3 is 2.64 bits per heavy atom. The van der Waals surface area contributed by atoms with Gasteiger partial charge < -0.3 is 10.0 Å². The Kier molecular flexibility index (Phi) is 2.55. The summed E-state index contributed by atoms with van der Waals surface area (Å²) < 4.78 is 0. The monoisotopic (exact) mass is 157 g/mol. The van der Waals surface area contributed by atoms with Crippen molar-refractivity contribution in [1.82, 2.24) is 4.90 Å². The highest BCUT2D eigenvalue weighted by Gasteiger charge is 2.30. The average Bonchev–Trinajstić information content (AvgIpc) is 1.95. The van der Waals surface area contributed by atoms with Crippen molar-refractivity contribution in [2.75, 3.05) is 20.2 Å². The summed E-state index contributed by atoms with van der Waals surface area (Å²) in [5.41, 5.74) is 0.339. The minimum Gasteiger partial charge on any atom is -0.396 e. The van der Waals surface area contributed by atoms with Gasteiger partial charge in [-0.25, -0.2) is 0 Å². The first-order valence-corrected chi connectivity index (χ1v) is 4.38. The smallest absolute Gasteiger partial charge is 0.0471 e. The van der Waals surface area contributed by atoms with Crippen LogP contribution in [-0.2, 0) is 0 Å². The molecule has 0 radical (unpaired) electrons. The number of likely N-dealkylation sites (tertiary alicyclic amines) is 1. The second-order valence-corrected chi connectivity index (χ2v) is 4.28. The van der Waals surface area contributed by atoms with Crippen molar-refractivity contribution >= 4 is 0 Å². The molecule has 2 heteroatoms. The second-order valence-electron chi connectivity index (χ2n) is 4.28. The third-order valence-corrected chi connectivity index (χ3v) is 2.99. The van der Waals surface area contributed by atoms with E-state index in [0.717, 1.165) is 6.54 Å². The second kappa shape index (κ2) is 3.11. The fourth-order valence-electron chi connectivity index (χ4n) is 1.62. The molecule has 1 N–H and O–H groups in total. The van der Waals surface area contributed by atoms with E-state index in [0.29, 0.717) is 18.1 Å². The highest BCUT2D eigenvalue weighted by molar-refractivity contribution is 4.86. The van der Waals surface area contributed by atoms with Gasteiger partial charge in [0.05, 0.1) is 0 Å². The molecule has 0 saturated carbocycles. The van der Waals surface area contributed by atoms with Crippen LogP contribution in [0.4, 0.5) is 0 Å². The number of hydrogen-bond donors (Lipinski definition) is 1. The Hall–Kier alpha value is -0.0800. The fourth-order valence-corrected chi connectivity index (χ4v) is 1.62. The molecule has 1 saturated heterocycles. The zero-order chi connectivity index (χ0) is 8.48. The molecule has 1 rings (SSSR count). The molecular weight excluding hydrogens is 138 g/mol. The Morgan fingerprint density at radius 1 is 1.55 bits per heavy atom. The van der Waals surface area contributed by atoms with E-state index in [2.05, 4.69) is 25.8 Å². The van der Waals surface area contributed by atoms with Gasteiger partial charge in [-0.15, -0.1) is 0 Å². The molecule has 1 unspecified atom stereocenters.